The number of hydrogen-bond acceptors (Lipinski definition) is 7. The molecule has 7 heteroatoms. The van der Waals surface area contributed by atoms with Gasteiger partial charge in [0.15, 0.2) is 5.82 Å². The molecule has 1 heterocycles. The van der Waals surface area contributed by atoms with E-state index in [0.29, 0.717) is 11.6 Å². The number of benzene rings is 1. The van der Waals surface area contributed by atoms with Crippen molar-refractivity contribution in [1.82, 2.24) is 9.97 Å². The van der Waals surface area contributed by atoms with Gasteiger partial charge >= 0.3 is 6.01 Å². The molecule has 2 aromatic rings. The zero-order valence-electron chi connectivity index (χ0n) is 16.8. The second-order valence-electron chi connectivity index (χ2n) is 6.85. The van der Waals surface area contributed by atoms with E-state index in [4.69, 9.17) is 4.74 Å². The summed E-state index contributed by atoms with van der Waals surface area (Å²) in [6.45, 7) is 11.1. The number of rotatable bonds is 9. The molecule has 1 aromatic carbocycles. The lowest BCUT2D eigenvalue weighted by molar-refractivity contribution is 0.0251. The molecule has 7 nitrogen and oxygen atoms in total. The lowest BCUT2D eigenvalue weighted by Crippen LogP contribution is -2.28. The quantitative estimate of drug-likeness (QED) is 0.507. The summed E-state index contributed by atoms with van der Waals surface area (Å²) in [5, 5.41) is 14.1. The van der Waals surface area contributed by atoms with Crippen molar-refractivity contribution >= 4 is 17.9 Å². The Kier molecular flexibility index (Phi) is 7.28. The molecule has 0 aliphatic rings. The summed E-state index contributed by atoms with van der Waals surface area (Å²) in [4.78, 5) is 10.4. The van der Waals surface area contributed by atoms with Crippen LogP contribution in [0.1, 0.15) is 31.9 Å². The fourth-order valence-corrected chi connectivity index (χ4v) is 2.22. The summed E-state index contributed by atoms with van der Waals surface area (Å²) >= 11 is 0. The standard InChI is InChI=1S/C21H27N5O2/c1-6-11-26(7-2)19-13-18(23-20(24-19)28-15-21(4,5)27)25-22-14-17-10-8-9-16(3)12-17/h6-14,27H,2,15H2,1,3-5H3,(H,23,24,25)/b11-6-,22-14+. The lowest BCUT2D eigenvalue weighted by Gasteiger charge is -2.19. The topological polar surface area (TPSA) is 82.9 Å². The molecule has 2 N–H and O–H groups in total. The summed E-state index contributed by atoms with van der Waals surface area (Å²) in [5.41, 5.74) is 4.03. The Bertz CT molecular complexity index is 856. The van der Waals surface area contributed by atoms with Gasteiger partial charge in [0.25, 0.3) is 0 Å². The van der Waals surface area contributed by atoms with Crippen LogP contribution in [0.2, 0.25) is 0 Å². The van der Waals surface area contributed by atoms with Crippen LogP contribution in [0.15, 0.2) is 60.5 Å². The van der Waals surface area contributed by atoms with Crippen LogP contribution in [-0.2, 0) is 0 Å². The highest BCUT2D eigenvalue weighted by Crippen LogP contribution is 2.21. The van der Waals surface area contributed by atoms with E-state index in [1.54, 1.807) is 37.2 Å². The van der Waals surface area contributed by atoms with E-state index in [1.807, 2.05) is 50.4 Å². The first kappa shape index (κ1) is 21.1. The molecule has 0 bridgehead atoms. The molecular weight excluding hydrogens is 354 g/mol. The van der Waals surface area contributed by atoms with Gasteiger partial charge < -0.3 is 14.7 Å². The van der Waals surface area contributed by atoms with Gasteiger partial charge in [0.05, 0.1) is 11.8 Å². The van der Waals surface area contributed by atoms with Crippen molar-refractivity contribution in [3.8, 4) is 6.01 Å². The molecule has 0 atom stereocenters. The molecule has 0 spiro atoms. The number of hydrazone groups is 1. The normalized spacial score (nSPS) is 11.8. The van der Waals surface area contributed by atoms with Crippen molar-refractivity contribution in [1.29, 1.82) is 0 Å². The molecule has 28 heavy (non-hydrogen) atoms. The van der Waals surface area contributed by atoms with Crippen molar-refractivity contribution < 1.29 is 9.84 Å². The Labute approximate surface area is 166 Å². The van der Waals surface area contributed by atoms with Crippen LogP contribution in [0.5, 0.6) is 6.01 Å². The monoisotopic (exact) mass is 381 g/mol. The zero-order valence-corrected chi connectivity index (χ0v) is 16.8. The number of nitrogens with zero attached hydrogens (tertiary/aromatic N) is 4. The molecule has 148 valence electrons. The van der Waals surface area contributed by atoms with Gasteiger partial charge in [0.1, 0.15) is 12.4 Å². The fourth-order valence-electron chi connectivity index (χ4n) is 2.22. The molecule has 0 fully saturated rings. The van der Waals surface area contributed by atoms with Gasteiger partial charge in [-0.1, -0.05) is 42.5 Å². The minimum absolute atomic E-state index is 0.0557. The van der Waals surface area contributed by atoms with E-state index in [1.165, 1.54) is 0 Å². The van der Waals surface area contributed by atoms with E-state index in [2.05, 4.69) is 27.1 Å². The number of aromatic nitrogens is 2. The van der Waals surface area contributed by atoms with Crippen LogP contribution in [0.25, 0.3) is 0 Å². The van der Waals surface area contributed by atoms with Gasteiger partial charge in [-0.3, -0.25) is 5.43 Å². The largest absolute Gasteiger partial charge is 0.460 e. The summed E-state index contributed by atoms with van der Waals surface area (Å²) < 4.78 is 5.56. The van der Waals surface area contributed by atoms with E-state index in [0.717, 1.165) is 11.1 Å². The summed E-state index contributed by atoms with van der Waals surface area (Å²) in [6.07, 6.45) is 7.02. The molecule has 0 unspecified atom stereocenters. The van der Waals surface area contributed by atoms with Crippen molar-refractivity contribution in [3.63, 3.8) is 0 Å². The van der Waals surface area contributed by atoms with E-state index in [9.17, 15) is 5.11 Å². The third kappa shape index (κ3) is 6.85. The highest BCUT2D eigenvalue weighted by Gasteiger charge is 2.16. The number of anilines is 2. The summed E-state index contributed by atoms with van der Waals surface area (Å²) in [6, 6.07) is 9.85. The Morgan fingerprint density at radius 3 is 2.75 bits per heavy atom. The Balaban J connectivity index is 2.26. The number of nitrogens with one attached hydrogen (secondary N) is 1. The first-order valence-electron chi connectivity index (χ1n) is 8.94. The van der Waals surface area contributed by atoms with Gasteiger partial charge in [-0.2, -0.15) is 15.1 Å². The van der Waals surface area contributed by atoms with Crippen LogP contribution >= 0.6 is 0 Å². The van der Waals surface area contributed by atoms with E-state index < -0.39 is 5.60 Å². The highest BCUT2D eigenvalue weighted by molar-refractivity contribution is 5.80. The molecular formula is C21H27N5O2. The maximum Gasteiger partial charge on any atom is 0.320 e. The number of ether oxygens (including phenoxy) is 1. The molecule has 0 saturated heterocycles. The van der Waals surface area contributed by atoms with Crippen LogP contribution in [0.4, 0.5) is 11.6 Å². The van der Waals surface area contributed by atoms with Crippen LogP contribution in [0.3, 0.4) is 0 Å². The smallest absolute Gasteiger partial charge is 0.320 e. The van der Waals surface area contributed by atoms with Gasteiger partial charge in [-0.15, -0.1) is 0 Å². The first-order valence-corrected chi connectivity index (χ1v) is 8.94. The second kappa shape index (κ2) is 9.66. The van der Waals surface area contributed by atoms with Crippen LogP contribution in [0, 0.1) is 6.92 Å². The van der Waals surface area contributed by atoms with Crippen molar-refractivity contribution in [2.45, 2.75) is 33.3 Å². The Morgan fingerprint density at radius 2 is 2.11 bits per heavy atom. The number of allylic oxidation sites excluding steroid dienone is 1. The third-order valence-electron chi connectivity index (χ3n) is 3.45. The maximum atomic E-state index is 9.89. The number of aliphatic hydroxyl groups is 1. The van der Waals surface area contributed by atoms with Gasteiger partial charge in [-0.05, 0) is 33.3 Å². The first-order chi connectivity index (χ1) is 13.3. The van der Waals surface area contributed by atoms with Gasteiger partial charge in [0, 0.05) is 18.5 Å². The molecule has 0 radical (unpaired) electrons. The minimum atomic E-state index is -1.00. The molecule has 0 aliphatic carbocycles. The molecule has 0 amide bonds. The molecule has 0 saturated carbocycles. The minimum Gasteiger partial charge on any atom is -0.460 e. The zero-order chi connectivity index (χ0) is 20.6. The predicted molar refractivity (Wildman–Crippen MR) is 114 cm³/mol. The number of hydrogen-bond donors (Lipinski definition) is 2. The van der Waals surface area contributed by atoms with Crippen molar-refractivity contribution in [3.05, 3.63) is 66.5 Å². The molecule has 1 aromatic heterocycles. The van der Waals surface area contributed by atoms with Crippen molar-refractivity contribution in [2.75, 3.05) is 16.9 Å². The third-order valence-corrected chi connectivity index (χ3v) is 3.45. The predicted octanol–water partition coefficient (Wildman–Crippen LogP) is 3.86. The van der Waals surface area contributed by atoms with E-state index in [-0.39, 0.29) is 12.6 Å². The second-order valence-corrected chi connectivity index (χ2v) is 6.85. The average molecular weight is 381 g/mol. The molecule has 2 rings (SSSR count). The lowest BCUT2D eigenvalue weighted by atomic mass is 10.2. The van der Waals surface area contributed by atoms with Gasteiger partial charge in [-0.25, -0.2) is 0 Å². The van der Waals surface area contributed by atoms with Crippen LogP contribution < -0.4 is 15.1 Å². The Morgan fingerprint density at radius 1 is 1.32 bits per heavy atom. The average Bonchev–Trinajstić information content (AvgIpc) is 2.64. The van der Waals surface area contributed by atoms with Crippen LogP contribution in [-0.4, -0.2) is 33.5 Å². The highest BCUT2D eigenvalue weighted by atomic mass is 16.5. The van der Waals surface area contributed by atoms with Gasteiger partial charge in [0.2, 0.25) is 0 Å². The Hall–Kier alpha value is -3.19. The summed E-state index contributed by atoms with van der Waals surface area (Å²) in [5.74, 6) is 1.01. The van der Waals surface area contributed by atoms with Crippen molar-refractivity contribution in [2.24, 2.45) is 5.10 Å². The SMILES string of the molecule is C=CN(/C=C\C)c1cc(N/N=C/c2cccc(C)c2)nc(OCC(C)(C)O)n1. The number of aryl methyl sites for hydroxylation is 1. The maximum absolute atomic E-state index is 9.89. The fraction of sp³-hybridized carbons (Fsp3) is 0.286. The summed E-state index contributed by atoms with van der Waals surface area (Å²) in [7, 11) is 0. The van der Waals surface area contributed by atoms with E-state index >= 15 is 0 Å². The molecule has 0 aliphatic heterocycles.